The summed E-state index contributed by atoms with van der Waals surface area (Å²) in [6.07, 6.45) is 3.64. The van der Waals surface area contributed by atoms with Crippen LogP contribution >= 0.6 is 0 Å². The van der Waals surface area contributed by atoms with Crippen LogP contribution in [0.4, 0.5) is 0 Å². The summed E-state index contributed by atoms with van der Waals surface area (Å²) in [7, 11) is 0. The third-order valence-electron chi connectivity index (χ3n) is 5.56. The van der Waals surface area contributed by atoms with Gasteiger partial charge in [-0.05, 0) is 58.0 Å². The number of rotatable bonds is 5. The van der Waals surface area contributed by atoms with E-state index in [1.54, 1.807) is 24.3 Å². The highest BCUT2D eigenvalue weighted by Gasteiger charge is 2.35. The molecule has 1 aromatic heterocycles. The van der Waals surface area contributed by atoms with E-state index < -0.39 is 11.5 Å². The number of benzene rings is 2. The number of carbonyl (C=O) groups excluding carboxylic acids is 2. The second-order valence-electron chi connectivity index (χ2n) is 9.03. The minimum atomic E-state index is -0.448. The number of carbonyl (C=O) groups is 2. The van der Waals surface area contributed by atoms with Crippen molar-refractivity contribution in [2.75, 3.05) is 0 Å². The van der Waals surface area contributed by atoms with Crippen LogP contribution in [0, 0.1) is 13.8 Å². The molecule has 1 aliphatic heterocycles. The Balaban J connectivity index is 1.61. The molecular formula is C27H28N2O4. The fraction of sp³-hybridized carbons (Fsp3) is 0.259. The lowest BCUT2D eigenvalue weighted by Gasteiger charge is -2.38. The van der Waals surface area contributed by atoms with Gasteiger partial charge in [0.1, 0.15) is 22.8 Å². The van der Waals surface area contributed by atoms with Crippen LogP contribution in [0.1, 0.15) is 59.1 Å². The van der Waals surface area contributed by atoms with Gasteiger partial charge in [0.2, 0.25) is 0 Å². The molecule has 2 heterocycles. The van der Waals surface area contributed by atoms with Crippen LogP contribution in [0.3, 0.4) is 0 Å². The van der Waals surface area contributed by atoms with E-state index in [0.29, 0.717) is 17.7 Å². The van der Waals surface area contributed by atoms with Gasteiger partial charge in [0.05, 0.1) is 12.3 Å². The van der Waals surface area contributed by atoms with E-state index in [1.807, 2.05) is 58.0 Å². The third-order valence-corrected chi connectivity index (χ3v) is 5.56. The fourth-order valence-electron chi connectivity index (χ4n) is 3.91. The Morgan fingerprint density at radius 2 is 1.76 bits per heavy atom. The second kappa shape index (κ2) is 8.98. The number of aryl methyl sites for hydroxylation is 2. The summed E-state index contributed by atoms with van der Waals surface area (Å²) in [6.45, 7) is 7.94. The SMILES string of the molecule is Cc1ccc(C(=O)N/C(=C\c2ccco2)C(=O)NC2CC(C)(C)Oc3ccc(C)cc32)cc1. The zero-order chi connectivity index (χ0) is 23.6. The standard InChI is InChI=1S/C27H28N2O4/c1-17-7-10-19(11-8-17)25(30)28-22(15-20-6-5-13-32-20)26(31)29-23-16-27(3,4)33-24-12-9-18(2)14-21(23)24/h5-15,23H,16H2,1-4H3,(H,28,30)(H,29,31)/b22-15-. The second-order valence-corrected chi connectivity index (χ2v) is 9.03. The Hall–Kier alpha value is -3.80. The van der Waals surface area contributed by atoms with Crippen LogP contribution in [0.25, 0.3) is 6.08 Å². The van der Waals surface area contributed by atoms with Crippen LogP contribution in [0.2, 0.25) is 0 Å². The monoisotopic (exact) mass is 444 g/mol. The van der Waals surface area contributed by atoms with Crippen molar-refractivity contribution in [1.82, 2.24) is 10.6 Å². The van der Waals surface area contributed by atoms with Gasteiger partial charge >= 0.3 is 0 Å². The highest BCUT2D eigenvalue weighted by Crippen LogP contribution is 2.40. The van der Waals surface area contributed by atoms with Crippen molar-refractivity contribution in [3.63, 3.8) is 0 Å². The minimum absolute atomic E-state index is 0.106. The molecule has 0 saturated carbocycles. The van der Waals surface area contributed by atoms with E-state index in [1.165, 1.54) is 12.3 Å². The van der Waals surface area contributed by atoms with E-state index >= 15 is 0 Å². The number of hydrogen-bond donors (Lipinski definition) is 2. The van der Waals surface area contributed by atoms with Gasteiger partial charge in [-0.2, -0.15) is 0 Å². The molecule has 3 aromatic rings. The van der Waals surface area contributed by atoms with Crippen molar-refractivity contribution in [2.45, 2.75) is 45.8 Å². The average Bonchev–Trinajstić information content (AvgIpc) is 3.27. The number of furan rings is 1. The average molecular weight is 445 g/mol. The molecule has 0 bridgehead atoms. The van der Waals surface area contributed by atoms with Gasteiger partial charge in [-0.1, -0.05) is 35.4 Å². The number of fused-ring (bicyclic) bond motifs is 1. The summed E-state index contributed by atoms with van der Waals surface area (Å²) in [5.41, 5.74) is 3.17. The molecule has 1 atom stereocenters. The van der Waals surface area contributed by atoms with Crippen LogP contribution in [0.15, 0.2) is 71.0 Å². The topological polar surface area (TPSA) is 80.6 Å². The first-order valence-corrected chi connectivity index (χ1v) is 10.9. The Morgan fingerprint density at radius 1 is 1.03 bits per heavy atom. The van der Waals surface area contributed by atoms with Gasteiger partial charge in [-0.15, -0.1) is 0 Å². The summed E-state index contributed by atoms with van der Waals surface area (Å²) in [6, 6.07) is 16.3. The Kier molecular flexibility index (Phi) is 6.09. The number of amides is 2. The third kappa shape index (κ3) is 5.34. The van der Waals surface area contributed by atoms with Crippen molar-refractivity contribution < 1.29 is 18.7 Å². The van der Waals surface area contributed by atoms with Gasteiger partial charge < -0.3 is 19.8 Å². The fourth-order valence-corrected chi connectivity index (χ4v) is 3.91. The molecule has 2 aromatic carbocycles. The summed E-state index contributed by atoms with van der Waals surface area (Å²) < 4.78 is 11.5. The molecule has 1 unspecified atom stereocenters. The molecule has 0 spiro atoms. The predicted octanol–water partition coefficient (Wildman–Crippen LogP) is 5.09. The number of ether oxygens (including phenoxy) is 1. The molecule has 6 nitrogen and oxygen atoms in total. The molecule has 33 heavy (non-hydrogen) atoms. The first-order valence-electron chi connectivity index (χ1n) is 10.9. The maximum Gasteiger partial charge on any atom is 0.268 e. The van der Waals surface area contributed by atoms with Crippen molar-refractivity contribution in [3.8, 4) is 5.75 Å². The normalized spacial score (nSPS) is 17.0. The van der Waals surface area contributed by atoms with Crippen LogP contribution in [-0.4, -0.2) is 17.4 Å². The Bertz CT molecular complexity index is 1190. The maximum absolute atomic E-state index is 13.4. The highest BCUT2D eigenvalue weighted by atomic mass is 16.5. The summed E-state index contributed by atoms with van der Waals surface area (Å²) in [4.78, 5) is 26.2. The van der Waals surface area contributed by atoms with Gasteiger partial charge in [-0.25, -0.2) is 0 Å². The molecule has 6 heteroatoms. The molecule has 2 amide bonds. The molecular weight excluding hydrogens is 416 g/mol. The number of nitrogens with one attached hydrogen (secondary N) is 2. The molecule has 4 rings (SSSR count). The summed E-state index contributed by atoms with van der Waals surface area (Å²) in [5, 5.41) is 5.85. The van der Waals surface area contributed by atoms with E-state index in [2.05, 4.69) is 10.6 Å². The summed E-state index contributed by atoms with van der Waals surface area (Å²) >= 11 is 0. The minimum Gasteiger partial charge on any atom is -0.487 e. The lowest BCUT2D eigenvalue weighted by molar-refractivity contribution is -0.119. The lowest BCUT2D eigenvalue weighted by Crippen LogP contribution is -2.43. The zero-order valence-electron chi connectivity index (χ0n) is 19.3. The first-order chi connectivity index (χ1) is 15.7. The molecule has 0 saturated heterocycles. The van der Waals surface area contributed by atoms with Gasteiger partial charge in [-0.3, -0.25) is 9.59 Å². The lowest BCUT2D eigenvalue weighted by atomic mass is 9.89. The first kappa shape index (κ1) is 22.4. The zero-order valence-corrected chi connectivity index (χ0v) is 19.3. The van der Waals surface area contributed by atoms with Crippen molar-refractivity contribution in [2.24, 2.45) is 0 Å². The molecule has 1 aliphatic rings. The van der Waals surface area contributed by atoms with Crippen LogP contribution in [0.5, 0.6) is 5.75 Å². The molecule has 0 aliphatic carbocycles. The largest absolute Gasteiger partial charge is 0.487 e. The van der Waals surface area contributed by atoms with Crippen molar-refractivity contribution in [3.05, 3.63) is 94.6 Å². The van der Waals surface area contributed by atoms with E-state index in [0.717, 1.165) is 22.4 Å². The molecule has 0 fully saturated rings. The molecule has 0 radical (unpaired) electrons. The predicted molar refractivity (Wildman–Crippen MR) is 127 cm³/mol. The maximum atomic E-state index is 13.4. The highest BCUT2D eigenvalue weighted by molar-refractivity contribution is 6.05. The Labute approximate surface area is 193 Å². The smallest absolute Gasteiger partial charge is 0.268 e. The molecule has 170 valence electrons. The quantitative estimate of drug-likeness (QED) is 0.538. The van der Waals surface area contributed by atoms with Crippen molar-refractivity contribution in [1.29, 1.82) is 0 Å². The van der Waals surface area contributed by atoms with Crippen LogP contribution < -0.4 is 15.4 Å². The van der Waals surface area contributed by atoms with Gasteiger partial charge in [0, 0.05) is 23.6 Å². The van der Waals surface area contributed by atoms with E-state index in [4.69, 9.17) is 9.15 Å². The van der Waals surface area contributed by atoms with E-state index in [9.17, 15) is 9.59 Å². The molecule has 2 N–H and O–H groups in total. The number of hydrogen-bond acceptors (Lipinski definition) is 4. The van der Waals surface area contributed by atoms with Crippen molar-refractivity contribution >= 4 is 17.9 Å². The van der Waals surface area contributed by atoms with Crippen LogP contribution in [-0.2, 0) is 4.79 Å². The van der Waals surface area contributed by atoms with Gasteiger partial charge in [0.25, 0.3) is 11.8 Å². The summed E-state index contributed by atoms with van der Waals surface area (Å²) in [5.74, 6) is 0.448. The van der Waals surface area contributed by atoms with E-state index in [-0.39, 0.29) is 17.6 Å². The Morgan fingerprint density at radius 3 is 2.45 bits per heavy atom. The van der Waals surface area contributed by atoms with Gasteiger partial charge in [0.15, 0.2) is 0 Å².